The van der Waals surface area contributed by atoms with Crippen molar-refractivity contribution in [2.45, 2.75) is 0 Å². The fourth-order valence-electron chi connectivity index (χ4n) is 1.24. The third-order valence-electron chi connectivity index (χ3n) is 1.87. The van der Waals surface area contributed by atoms with Gasteiger partial charge in [0.15, 0.2) is 5.82 Å². The van der Waals surface area contributed by atoms with Gasteiger partial charge >= 0.3 is 0 Å². The summed E-state index contributed by atoms with van der Waals surface area (Å²) in [5, 5.41) is 2.99. The molecule has 0 saturated carbocycles. The van der Waals surface area contributed by atoms with Gasteiger partial charge in [0.1, 0.15) is 5.69 Å². The Labute approximate surface area is 82.1 Å². The van der Waals surface area contributed by atoms with Gasteiger partial charge in [-0.15, -0.1) is 0 Å². The zero-order valence-electron chi connectivity index (χ0n) is 7.81. The van der Waals surface area contributed by atoms with Gasteiger partial charge in [-0.3, -0.25) is 9.97 Å². The minimum Gasteiger partial charge on any atom is -0.371 e. The molecule has 1 N–H and O–H groups in total. The molecule has 0 aliphatic heterocycles. The number of hydrogen-bond donors (Lipinski definition) is 1. The zero-order valence-corrected chi connectivity index (χ0v) is 7.81. The highest BCUT2D eigenvalue weighted by Gasteiger charge is 2.04. The number of pyridine rings is 1. The van der Waals surface area contributed by atoms with Crippen molar-refractivity contribution in [3.63, 3.8) is 0 Å². The highest BCUT2D eigenvalue weighted by atomic mass is 15.0. The number of aromatic nitrogens is 3. The largest absolute Gasteiger partial charge is 0.371 e. The Morgan fingerprint density at radius 3 is 2.71 bits per heavy atom. The van der Waals surface area contributed by atoms with Gasteiger partial charge in [0.25, 0.3) is 0 Å². The summed E-state index contributed by atoms with van der Waals surface area (Å²) >= 11 is 0. The summed E-state index contributed by atoms with van der Waals surface area (Å²) in [6.45, 7) is 0. The fraction of sp³-hybridized carbons (Fsp3) is 0.100. The number of nitrogens with zero attached hydrogens (tertiary/aromatic N) is 3. The molecule has 2 aromatic heterocycles. The first-order valence-corrected chi connectivity index (χ1v) is 4.31. The Hall–Kier alpha value is -1.97. The highest BCUT2D eigenvalue weighted by molar-refractivity contribution is 5.69. The van der Waals surface area contributed by atoms with Gasteiger partial charge in [0.05, 0.1) is 0 Å². The molecule has 2 heterocycles. The fourth-order valence-corrected chi connectivity index (χ4v) is 1.24. The van der Waals surface area contributed by atoms with Gasteiger partial charge in [-0.05, 0) is 12.1 Å². The Morgan fingerprint density at radius 1 is 1.14 bits per heavy atom. The van der Waals surface area contributed by atoms with Crippen LogP contribution in [0, 0.1) is 0 Å². The molecule has 0 aliphatic carbocycles. The van der Waals surface area contributed by atoms with Crippen molar-refractivity contribution in [2.75, 3.05) is 12.4 Å². The first kappa shape index (κ1) is 8.62. The molecule has 14 heavy (non-hydrogen) atoms. The molecule has 2 aromatic rings. The summed E-state index contributed by atoms with van der Waals surface area (Å²) in [6, 6.07) is 3.83. The van der Waals surface area contributed by atoms with Crippen LogP contribution in [0.1, 0.15) is 0 Å². The molecule has 0 unspecified atom stereocenters. The van der Waals surface area contributed by atoms with Gasteiger partial charge in [0, 0.05) is 37.4 Å². The van der Waals surface area contributed by atoms with Gasteiger partial charge in [-0.2, -0.15) is 0 Å². The van der Waals surface area contributed by atoms with E-state index in [1.54, 1.807) is 24.8 Å². The van der Waals surface area contributed by atoms with E-state index >= 15 is 0 Å². The van der Waals surface area contributed by atoms with Gasteiger partial charge in [-0.1, -0.05) is 0 Å². The van der Waals surface area contributed by atoms with E-state index in [0.717, 1.165) is 17.1 Å². The number of nitrogens with one attached hydrogen (secondary N) is 1. The van der Waals surface area contributed by atoms with Gasteiger partial charge in [0.2, 0.25) is 0 Å². The molecule has 0 spiro atoms. The standard InChI is InChI=1S/C10H10N4/c1-11-10-9(13-5-6-14-10)8-3-2-4-12-7-8/h2-7H,1H3,(H,11,14). The van der Waals surface area contributed by atoms with Crippen molar-refractivity contribution in [1.29, 1.82) is 0 Å². The molecule has 0 bridgehead atoms. The first-order valence-electron chi connectivity index (χ1n) is 4.31. The van der Waals surface area contributed by atoms with Crippen LogP contribution in [-0.4, -0.2) is 22.0 Å². The minimum absolute atomic E-state index is 0.764. The average Bonchev–Trinajstić information content (AvgIpc) is 2.30. The van der Waals surface area contributed by atoms with E-state index < -0.39 is 0 Å². The van der Waals surface area contributed by atoms with E-state index in [4.69, 9.17) is 0 Å². The lowest BCUT2D eigenvalue weighted by atomic mass is 10.2. The maximum absolute atomic E-state index is 4.25. The Balaban J connectivity index is 2.51. The van der Waals surface area contributed by atoms with Crippen molar-refractivity contribution < 1.29 is 0 Å². The number of rotatable bonds is 2. The lowest BCUT2D eigenvalue weighted by molar-refractivity contribution is 1.18. The zero-order chi connectivity index (χ0) is 9.80. The van der Waals surface area contributed by atoms with E-state index in [1.807, 2.05) is 19.2 Å². The second-order valence-corrected chi connectivity index (χ2v) is 2.75. The van der Waals surface area contributed by atoms with Crippen LogP contribution in [0.3, 0.4) is 0 Å². The Kier molecular flexibility index (Phi) is 2.36. The molecule has 0 atom stereocenters. The van der Waals surface area contributed by atoms with Crippen LogP contribution in [0.15, 0.2) is 36.9 Å². The summed E-state index contributed by atoms with van der Waals surface area (Å²) in [5.41, 5.74) is 1.79. The second kappa shape index (κ2) is 3.83. The average molecular weight is 186 g/mol. The maximum atomic E-state index is 4.25. The van der Waals surface area contributed by atoms with Gasteiger partial charge < -0.3 is 5.32 Å². The summed E-state index contributed by atoms with van der Waals surface area (Å²) < 4.78 is 0. The van der Waals surface area contributed by atoms with Crippen molar-refractivity contribution in [1.82, 2.24) is 15.0 Å². The van der Waals surface area contributed by atoms with Crippen molar-refractivity contribution >= 4 is 5.82 Å². The molecule has 0 aliphatic rings. The van der Waals surface area contributed by atoms with Crippen molar-refractivity contribution in [3.8, 4) is 11.3 Å². The van der Waals surface area contributed by atoms with Gasteiger partial charge in [-0.25, -0.2) is 4.98 Å². The predicted octanol–water partition coefficient (Wildman–Crippen LogP) is 1.58. The molecule has 0 aromatic carbocycles. The van der Waals surface area contributed by atoms with E-state index in [9.17, 15) is 0 Å². The van der Waals surface area contributed by atoms with Crippen LogP contribution < -0.4 is 5.32 Å². The third kappa shape index (κ3) is 1.54. The molecule has 0 saturated heterocycles. The van der Waals surface area contributed by atoms with Crippen LogP contribution in [-0.2, 0) is 0 Å². The Morgan fingerprint density at radius 2 is 2.00 bits per heavy atom. The minimum atomic E-state index is 0.764. The molecular formula is C10H10N4. The molecule has 0 amide bonds. The molecule has 0 radical (unpaired) electrons. The normalized spacial score (nSPS) is 9.79. The smallest absolute Gasteiger partial charge is 0.152 e. The van der Waals surface area contributed by atoms with E-state index in [2.05, 4.69) is 20.3 Å². The number of hydrogen-bond acceptors (Lipinski definition) is 4. The number of anilines is 1. The van der Waals surface area contributed by atoms with Crippen LogP contribution in [0.5, 0.6) is 0 Å². The Bertz CT molecular complexity index is 413. The summed E-state index contributed by atoms with van der Waals surface area (Å²) in [4.78, 5) is 12.5. The molecule has 0 fully saturated rings. The topological polar surface area (TPSA) is 50.7 Å². The molecule has 4 nitrogen and oxygen atoms in total. The van der Waals surface area contributed by atoms with Crippen LogP contribution in [0.2, 0.25) is 0 Å². The molecule has 70 valence electrons. The molecule has 2 rings (SSSR count). The quantitative estimate of drug-likeness (QED) is 0.773. The van der Waals surface area contributed by atoms with Crippen molar-refractivity contribution in [3.05, 3.63) is 36.9 Å². The first-order chi connectivity index (χ1) is 6.92. The predicted molar refractivity (Wildman–Crippen MR) is 54.8 cm³/mol. The summed E-state index contributed by atoms with van der Waals surface area (Å²) in [6.07, 6.45) is 6.83. The maximum Gasteiger partial charge on any atom is 0.152 e. The van der Waals surface area contributed by atoms with Crippen LogP contribution in [0.4, 0.5) is 5.82 Å². The van der Waals surface area contributed by atoms with Crippen molar-refractivity contribution in [2.24, 2.45) is 0 Å². The van der Waals surface area contributed by atoms with E-state index in [0.29, 0.717) is 0 Å². The monoisotopic (exact) mass is 186 g/mol. The SMILES string of the molecule is CNc1nccnc1-c1cccnc1. The lowest BCUT2D eigenvalue weighted by Gasteiger charge is -2.05. The van der Waals surface area contributed by atoms with Crippen LogP contribution in [0.25, 0.3) is 11.3 Å². The van der Waals surface area contributed by atoms with E-state index in [1.165, 1.54) is 0 Å². The molecular weight excluding hydrogens is 176 g/mol. The highest BCUT2D eigenvalue weighted by Crippen LogP contribution is 2.21. The van der Waals surface area contributed by atoms with E-state index in [-0.39, 0.29) is 0 Å². The third-order valence-corrected chi connectivity index (χ3v) is 1.87. The lowest BCUT2D eigenvalue weighted by Crippen LogP contribution is -1.97. The summed E-state index contributed by atoms with van der Waals surface area (Å²) in [5.74, 6) is 0.764. The second-order valence-electron chi connectivity index (χ2n) is 2.75. The molecule has 4 heteroatoms. The summed E-state index contributed by atoms with van der Waals surface area (Å²) in [7, 11) is 1.82. The van der Waals surface area contributed by atoms with Crippen LogP contribution >= 0.6 is 0 Å².